The molecule has 8 aromatic carbocycles. The van der Waals surface area contributed by atoms with Crippen LogP contribution in [-0.4, -0.2) is 0 Å². The van der Waals surface area contributed by atoms with Gasteiger partial charge < -0.3 is 4.90 Å². The molecule has 0 aromatic heterocycles. The molecule has 0 atom stereocenters. The van der Waals surface area contributed by atoms with Gasteiger partial charge in [0.25, 0.3) is 0 Å². The van der Waals surface area contributed by atoms with Gasteiger partial charge in [-0.3, -0.25) is 0 Å². The predicted octanol–water partition coefficient (Wildman–Crippen LogP) is 15.4. The van der Waals surface area contributed by atoms with Crippen LogP contribution < -0.4 is 4.90 Å². The summed E-state index contributed by atoms with van der Waals surface area (Å²) in [6, 6.07) is 66.2. The van der Waals surface area contributed by atoms with Crippen molar-refractivity contribution in [2.75, 3.05) is 4.90 Å². The van der Waals surface area contributed by atoms with Crippen LogP contribution in [0.3, 0.4) is 0 Å². The molecule has 1 heteroatoms. The van der Waals surface area contributed by atoms with E-state index < -0.39 is 0 Å². The number of benzene rings is 8. The topological polar surface area (TPSA) is 3.24 Å². The van der Waals surface area contributed by atoms with Crippen molar-refractivity contribution >= 4 is 17.1 Å². The molecule has 1 nitrogen and oxygen atoms in total. The first-order valence-electron chi connectivity index (χ1n) is 20.8. The lowest BCUT2D eigenvalue weighted by Crippen LogP contribution is -2.17. The molecule has 0 amide bonds. The molecule has 0 bridgehead atoms. The highest BCUT2D eigenvalue weighted by molar-refractivity contribution is 5.93. The zero-order chi connectivity index (χ0) is 39.6. The average molecular weight is 746 g/mol. The molecule has 0 aliphatic heterocycles. The third-order valence-corrected chi connectivity index (χ3v) is 13.8. The third kappa shape index (κ3) is 4.96. The largest absolute Gasteiger partial charge is 0.310 e. The summed E-state index contributed by atoms with van der Waals surface area (Å²) in [6.07, 6.45) is 0. The first-order valence-corrected chi connectivity index (χ1v) is 20.8. The molecule has 3 aliphatic carbocycles. The molecule has 0 unspecified atom stereocenters. The Morgan fingerprint density at radius 1 is 0.259 bits per heavy atom. The van der Waals surface area contributed by atoms with Gasteiger partial charge in [0, 0.05) is 33.3 Å². The fourth-order valence-corrected chi connectivity index (χ4v) is 10.7. The molecule has 3 aliphatic rings. The molecule has 0 heterocycles. The Kier molecular flexibility index (Phi) is 7.36. The van der Waals surface area contributed by atoms with E-state index in [4.69, 9.17) is 0 Å². The maximum absolute atomic E-state index is 2.53. The van der Waals surface area contributed by atoms with E-state index in [1.165, 1.54) is 89.0 Å². The van der Waals surface area contributed by atoms with Gasteiger partial charge in [0.2, 0.25) is 0 Å². The molecule has 0 N–H and O–H groups in total. The molecule has 11 rings (SSSR count). The van der Waals surface area contributed by atoms with Crippen LogP contribution in [0.2, 0.25) is 0 Å². The van der Waals surface area contributed by atoms with E-state index in [2.05, 4.69) is 222 Å². The second kappa shape index (κ2) is 12.3. The van der Waals surface area contributed by atoms with E-state index in [0.717, 1.165) is 17.1 Å². The van der Waals surface area contributed by atoms with Crippen molar-refractivity contribution in [2.45, 2.75) is 57.8 Å². The Morgan fingerprint density at radius 2 is 0.655 bits per heavy atom. The highest BCUT2D eigenvalue weighted by Crippen LogP contribution is 2.57. The Morgan fingerprint density at radius 3 is 1.22 bits per heavy atom. The quantitative estimate of drug-likeness (QED) is 0.170. The average Bonchev–Trinajstić information content (AvgIpc) is 3.72. The zero-order valence-corrected chi connectivity index (χ0v) is 34.2. The molecule has 0 radical (unpaired) electrons. The van der Waals surface area contributed by atoms with E-state index in [0.29, 0.717) is 0 Å². The Hall–Kier alpha value is -6.44. The highest BCUT2D eigenvalue weighted by atomic mass is 15.1. The number of nitrogens with zero attached hydrogens (tertiary/aromatic N) is 1. The van der Waals surface area contributed by atoms with Crippen LogP contribution in [0.1, 0.15) is 74.9 Å². The standard InChI is InChI=1S/C57H47N/c1-55(2)49-23-15-13-21-43(49)45-27-25-41(33-52(45)55)58(42-30-38(36-17-9-7-10-18-36)29-39(31-42)37-19-11-8-12-20-37)40-26-28-51-46(32-40)48-35-53-47(34-54(48)57(51,5)6)44-22-14-16-24-50(44)56(53,3)4/h7-35H,1-6H3. The number of hydrogen-bond donors (Lipinski definition) is 0. The molecule has 0 saturated heterocycles. The van der Waals surface area contributed by atoms with Crippen molar-refractivity contribution in [3.63, 3.8) is 0 Å². The smallest absolute Gasteiger partial charge is 0.0473 e. The maximum Gasteiger partial charge on any atom is 0.0473 e. The number of hydrogen-bond acceptors (Lipinski definition) is 1. The Balaban J connectivity index is 1.15. The summed E-state index contributed by atoms with van der Waals surface area (Å²) in [7, 11) is 0. The minimum atomic E-state index is -0.137. The van der Waals surface area contributed by atoms with Crippen molar-refractivity contribution < 1.29 is 0 Å². The lowest BCUT2D eigenvalue weighted by molar-refractivity contribution is 0.652. The Bertz CT molecular complexity index is 2910. The van der Waals surface area contributed by atoms with Crippen molar-refractivity contribution in [1.82, 2.24) is 0 Å². The molecule has 0 fully saturated rings. The number of anilines is 3. The summed E-state index contributed by atoms with van der Waals surface area (Å²) < 4.78 is 0. The first kappa shape index (κ1) is 34.8. The third-order valence-electron chi connectivity index (χ3n) is 13.8. The van der Waals surface area contributed by atoms with Gasteiger partial charge in [-0.15, -0.1) is 0 Å². The van der Waals surface area contributed by atoms with Crippen molar-refractivity contribution in [3.8, 4) is 55.6 Å². The molecule has 58 heavy (non-hydrogen) atoms. The van der Waals surface area contributed by atoms with Gasteiger partial charge in [0.15, 0.2) is 0 Å². The van der Waals surface area contributed by atoms with Gasteiger partial charge in [-0.05, 0) is 144 Å². The SMILES string of the molecule is CC1(C)c2ccccc2-c2ccc(N(c3cc(-c4ccccc4)cc(-c4ccccc4)c3)c3ccc4c(c3)-c3cc5c(cc3C4(C)C)-c3ccccc3C5(C)C)cc21. The van der Waals surface area contributed by atoms with Crippen LogP contribution in [-0.2, 0) is 16.2 Å². The van der Waals surface area contributed by atoms with E-state index in [1.54, 1.807) is 0 Å². The number of rotatable bonds is 5. The summed E-state index contributed by atoms with van der Waals surface area (Å²) in [5.41, 5.74) is 24.4. The summed E-state index contributed by atoms with van der Waals surface area (Å²) in [6.45, 7) is 14.3. The van der Waals surface area contributed by atoms with Gasteiger partial charge in [-0.2, -0.15) is 0 Å². The van der Waals surface area contributed by atoms with Crippen LogP contribution in [0.4, 0.5) is 17.1 Å². The number of fused-ring (bicyclic) bond motifs is 9. The summed E-state index contributed by atoms with van der Waals surface area (Å²) >= 11 is 0. The van der Waals surface area contributed by atoms with Gasteiger partial charge >= 0.3 is 0 Å². The van der Waals surface area contributed by atoms with E-state index in [-0.39, 0.29) is 16.2 Å². The molecule has 280 valence electrons. The van der Waals surface area contributed by atoms with E-state index in [9.17, 15) is 0 Å². The normalized spacial score (nSPS) is 15.5. The highest BCUT2D eigenvalue weighted by Gasteiger charge is 2.42. The van der Waals surface area contributed by atoms with Crippen molar-refractivity contribution in [2.24, 2.45) is 0 Å². The fraction of sp³-hybridized carbons (Fsp3) is 0.158. The lowest BCUT2D eigenvalue weighted by atomic mass is 9.79. The van der Waals surface area contributed by atoms with Crippen LogP contribution in [0.15, 0.2) is 176 Å². The van der Waals surface area contributed by atoms with Gasteiger partial charge in [-0.25, -0.2) is 0 Å². The molecule has 0 spiro atoms. The maximum atomic E-state index is 2.53. The summed E-state index contributed by atoms with van der Waals surface area (Å²) in [5, 5.41) is 0. The van der Waals surface area contributed by atoms with Gasteiger partial charge in [0.1, 0.15) is 0 Å². The molecule has 0 saturated carbocycles. The van der Waals surface area contributed by atoms with Gasteiger partial charge in [0.05, 0.1) is 0 Å². The summed E-state index contributed by atoms with van der Waals surface area (Å²) in [4.78, 5) is 2.51. The Labute approximate surface area is 343 Å². The second-order valence-corrected chi connectivity index (χ2v) is 18.2. The van der Waals surface area contributed by atoms with Crippen LogP contribution in [0.25, 0.3) is 55.6 Å². The first-order chi connectivity index (χ1) is 28.0. The van der Waals surface area contributed by atoms with Crippen LogP contribution in [0, 0.1) is 0 Å². The summed E-state index contributed by atoms with van der Waals surface area (Å²) in [5.74, 6) is 0. The minimum Gasteiger partial charge on any atom is -0.310 e. The van der Waals surface area contributed by atoms with Crippen molar-refractivity contribution in [3.05, 3.63) is 209 Å². The van der Waals surface area contributed by atoms with Crippen molar-refractivity contribution in [1.29, 1.82) is 0 Å². The zero-order valence-electron chi connectivity index (χ0n) is 34.2. The van der Waals surface area contributed by atoms with E-state index in [1.807, 2.05) is 0 Å². The van der Waals surface area contributed by atoms with Crippen LogP contribution in [0.5, 0.6) is 0 Å². The van der Waals surface area contributed by atoms with Crippen LogP contribution >= 0.6 is 0 Å². The minimum absolute atomic E-state index is 0.0714. The second-order valence-electron chi connectivity index (χ2n) is 18.2. The molecular formula is C57H47N. The van der Waals surface area contributed by atoms with Gasteiger partial charge in [-0.1, -0.05) is 163 Å². The predicted molar refractivity (Wildman–Crippen MR) is 245 cm³/mol. The molecule has 8 aromatic rings. The van der Waals surface area contributed by atoms with E-state index >= 15 is 0 Å². The lowest BCUT2D eigenvalue weighted by Gasteiger charge is -2.30. The monoisotopic (exact) mass is 745 g/mol. The molecular weight excluding hydrogens is 699 g/mol. The fourth-order valence-electron chi connectivity index (χ4n) is 10.7.